The van der Waals surface area contributed by atoms with Crippen LogP contribution in [0.4, 0.5) is 32.2 Å². The van der Waals surface area contributed by atoms with E-state index < -0.39 is 55.1 Å². The summed E-state index contributed by atoms with van der Waals surface area (Å²) in [6, 6.07) is 0.311. The van der Waals surface area contributed by atoms with Gasteiger partial charge in [-0.2, -0.15) is 18.3 Å². The average molecular weight is 500 g/mol. The number of halogens is 6. The maximum Gasteiger partial charge on any atom is 0.408 e. The Hall–Kier alpha value is -3.75. The summed E-state index contributed by atoms with van der Waals surface area (Å²) in [7, 11) is 0. The van der Waals surface area contributed by atoms with Gasteiger partial charge >= 0.3 is 6.18 Å². The number of nitrogens with two attached hydrogens (primary N) is 1. The molecule has 0 saturated carbocycles. The minimum Gasteiger partial charge on any atom is -0.382 e. The summed E-state index contributed by atoms with van der Waals surface area (Å²) < 4.78 is 80.2. The van der Waals surface area contributed by atoms with E-state index in [0.717, 1.165) is 24.8 Å². The Morgan fingerprint density at radius 2 is 2.00 bits per heavy atom. The molecule has 1 aliphatic rings. The van der Waals surface area contributed by atoms with Crippen LogP contribution in [0.15, 0.2) is 30.9 Å². The standard InChI is InChI=1S/C20H18F6N8O/c21-13-5-29-14(10-3-31-34(7-10)9-20(24,25)26)1-12(13)15-6-30-17(27)16(33-15)18(35)32-11-2-19(22,23)8-28-4-11/h1,3,5-7,11,28H,2,4,8-9H2,(H2,27,30)(H,32,35). The van der Waals surface area contributed by atoms with Crippen molar-refractivity contribution in [3.63, 3.8) is 0 Å². The van der Waals surface area contributed by atoms with E-state index in [4.69, 9.17) is 5.73 Å². The van der Waals surface area contributed by atoms with E-state index in [1.807, 2.05) is 0 Å². The van der Waals surface area contributed by atoms with Gasteiger partial charge in [0.25, 0.3) is 11.8 Å². The third-order valence-corrected chi connectivity index (χ3v) is 5.07. The third-order valence-electron chi connectivity index (χ3n) is 5.07. The van der Waals surface area contributed by atoms with E-state index in [2.05, 4.69) is 30.7 Å². The summed E-state index contributed by atoms with van der Waals surface area (Å²) in [4.78, 5) is 24.4. The lowest BCUT2D eigenvalue weighted by atomic mass is 10.0. The number of rotatable bonds is 5. The van der Waals surface area contributed by atoms with Gasteiger partial charge in [0, 0.05) is 36.3 Å². The van der Waals surface area contributed by atoms with Gasteiger partial charge in [0.1, 0.15) is 6.54 Å². The maximum atomic E-state index is 14.6. The molecular weight excluding hydrogens is 482 g/mol. The molecule has 0 radical (unpaired) electrons. The van der Waals surface area contributed by atoms with E-state index in [1.54, 1.807) is 0 Å². The smallest absolute Gasteiger partial charge is 0.382 e. The molecule has 1 unspecified atom stereocenters. The number of aromatic nitrogens is 5. The number of nitrogen functional groups attached to an aromatic ring is 1. The number of pyridine rings is 1. The maximum absolute atomic E-state index is 14.6. The Morgan fingerprint density at radius 3 is 2.71 bits per heavy atom. The van der Waals surface area contributed by atoms with E-state index in [0.29, 0.717) is 4.68 Å². The topological polar surface area (TPSA) is 124 Å². The number of piperidine rings is 1. The van der Waals surface area contributed by atoms with Crippen LogP contribution < -0.4 is 16.4 Å². The van der Waals surface area contributed by atoms with Crippen LogP contribution in [0.2, 0.25) is 0 Å². The molecule has 0 spiro atoms. The van der Waals surface area contributed by atoms with Crippen molar-refractivity contribution in [2.75, 3.05) is 18.8 Å². The van der Waals surface area contributed by atoms with Crippen LogP contribution in [-0.4, -0.2) is 61.9 Å². The fraction of sp³-hybridized carbons (Fsp3) is 0.350. The lowest BCUT2D eigenvalue weighted by Crippen LogP contribution is -2.53. The van der Waals surface area contributed by atoms with Gasteiger partial charge in [-0.25, -0.2) is 23.1 Å². The first-order valence-corrected chi connectivity index (χ1v) is 10.2. The van der Waals surface area contributed by atoms with Crippen LogP contribution in [0.3, 0.4) is 0 Å². The first-order valence-electron chi connectivity index (χ1n) is 10.2. The summed E-state index contributed by atoms with van der Waals surface area (Å²) in [6.07, 6.45) is -0.902. The van der Waals surface area contributed by atoms with E-state index in [-0.39, 0.29) is 34.9 Å². The van der Waals surface area contributed by atoms with Gasteiger partial charge in [0.15, 0.2) is 17.3 Å². The van der Waals surface area contributed by atoms with Gasteiger partial charge in [0.05, 0.1) is 36.5 Å². The number of nitrogens with zero attached hydrogens (tertiary/aromatic N) is 5. The predicted molar refractivity (Wildman–Crippen MR) is 111 cm³/mol. The largest absolute Gasteiger partial charge is 0.408 e. The first kappa shape index (κ1) is 24.4. The summed E-state index contributed by atoms with van der Waals surface area (Å²) in [6.45, 7) is -1.71. The zero-order valence-corrected chi connectivity index (χ0v) is 17.8. The molecule has 9 nitrogen and oxygen atoms in total. The number of carbonyl (C=O) groups excluding carboxylic acids is 1. The summed E-state index contributed by atoms with van der Waals surface area (Å²) in [5.74, 6) is -5.02. The summed E-state index contributed by atoms with van der Waals surface area (Å²) in [5, 5.41) is 8.55. The highest BCUT2D eigenvalue weighted by atomic mass is 19.4. The van der Waals surface area contributed by atoms with Crippen LogP contribution in [-0.2, 0) is 6.54 Å². The molecule has 15 heteroatoms. The number of carbonyl (C=O) groups is 1. The van der Waals surface area contributed by atoms with Crippen LogP contribution in [0.5, 0.6) is 0 Å². The molecule has 3 aromatic rings. The zero-order chi connectivity index (χ0) is 25.4. The number of hydrogen-bond acceptors (Lipinski definition) is 7. The molecule has 4 rings (SSSR count). The Balaban J connectivity index is 1.60. The zero-order valence-electron chi connectivity index (χ0n) is 17.8. The molecule has 3 aromatic heterocycles. The highest BCUT2D eigenvalue weighted by molar-refractivity contribution is 5.97. The van der Waals surface area contributed by atoms with Crippen molar-refractivity contribution in [1.29, 1.82) is 0 Å². The molecule has 0 bridgehead atoms. The quantitative estimate of drug-likeness (QED) is 0.460. The highest BCUT2D eigenvalue weighted by Crippen LogP contribution is 2.28. The van der Waals surface area contributed by atoms with Crippen molar-refractivity contribution in [1.82, 2.24) is 35.4 Å². The molecule has 1 fully saturated rings. The first-order chi connectivity index (χ1) is 16.4. The van der Waals surface area contributed by atoms with Crippen molar-refractivity contribution in [2.24, 2.45) is 0 Å². The van der Waals surface area contributed by atoms with Crippen molar-refractivity contribution >= 4 is 11.7 Å². The highest BCUT2D eigenvalue weighted by Gasteiger charge is 2.37. The molecule has 1 atom stereocenters. The van der Waals surface area contributed by atoms with Crippen molar-refractivity contribution in [2.45, 2.75) is 31.1 Å². The Bertz CT molecular complexity index is 1240. The number of anilines is 1. The molecule has 35 heavy (non-hydrogen) atoms. The minimum atomic E-state index is -4.48. The third kappa shape index (κ3) is 5.85. The minimum absolute atomic E-state index is 0.0926. The molecular formula is C20H18F6N8O. The summed E-state index contributed by atoms with van der Waals surface area (Å²) in [5.41, 5.74) is 5.33. The van der Waals surface area contributed by atoms with Gasteiger partial charge in [0.2, 0.25) is 0 Å². The van der Waals surface area contributed by atoms with Gasteiger partial charge in [-0.15, -0.1) is 0 Å². The van der Waals surface area contributed by atoms with Gasteiger partial charge in [-0.05, 0) is 6.07 Å². The second kappa shape index (κ2) is 9.13. The Morgan fingerprint density at radius 1 is 1.23 bits per heavy atom. The van der Waals surface area contributed by atoms with Crippen LogP contribution >= 0.6 is 0 Å². The van der Waals surface area contributed by atoms with Gasteiger partial charge < -0.3 is 16.4 Å². The van der Waals surface area contributed by atoms with Crippen LogP contribution in [0, 0.1) is 5.82 Å². The number of nitrogens with one attached hydrogen (secondary N) is 2. The number of alkyl halides is 5. The Labute approximate surface area is 193 Å². The van der Waals surface area contributed by atoms with Crippen molar-refractivity contribution < 1.29 is 31.1 Å². The van der Waals surface area contributed by atoms with Gasteiger partial charge in [-0.1, -0.05) is 0 Å². The molecule has 4 heterocycles. The predicted octanol–water partition coefficient (Wildman–Crippen LogP) is 2.41. The monoisotopic (exact) mass is 500 g/mol. The number of hydrogen-bond donors (Lipinski definition) is 3. The SMILES string of the molecule is Nc1ncc(-c2cc(-c3cnn(CC(F)(F)F)c3)ncc2F)nc1C(=O)NC1CNCC(F)(F)C1. The van der Waals surface area contributed by atoms with Crippen LogP contribution in [0.25, 0.3) is 22.5 Å². The summed E-state index contributed by atoms with van der Waals surface area (Å²) >= 11 is 0. The van der Waals surface area contributed by atoms with Crippen LogP contribution in [0.1, 0.15) is 16.9 Å². The lowest BCUT2D eigenvalue weighted by molar-refractivity contribution is -0.142. The lowest BCUT2D eigenvalue weighted by Gasteiger charge is -2.30. The fourth-order valence-corrected chi connectivity index (χ4v) is 3.54. The second-order valence-electron chi connectivity index (χ2n) is 7.94. The normalized spacial score (nSPS) is 17.8. The molecule has 186 valence electrons. The second-order valence-corrected chi connectivity index (χ2v) is 7.94. The Kier molecular flexibility index (Phi) is 6.36. The van der Waals surface area contributed by atoms with Crippen molar-refractivity contribution in [3.05, 3.63) is 42.4 Å². The van der Waals surface area contributed by atoms with E-state index in [9.17, 15) is 31.1 Å². The van der Waals surface area contributed by atoms with Crippen molar-refractivity contribution in [3.8, 4) is 22.5 Å². The fourth-order valence-electron chi connectivity index (χ4n) is 3.54. The molecule has 1 amide bonds. The molecule has 0 aromatic carbocycles. The molecule has 4 N–H and O–H groups in total. The molecule has 1 aliphatic heterocycles. The average Bonchev–Trinajstić information content (AvgIpc) is 3.20. The number of amides is 1. The molecule has 0 aliphatic carbocycles. The van der Waals surface area contributed by atoms with E-state index in [1.165, 1.54) is 6.07 Å². The van der Waals surface area contributed by atoms with Gasteiger partial charge in [-0.3, -0.25) is 14.5 Å². The molecule has 1 saturated heterocycles. The van der Waals surface area contributed by atoms with E-state index >= 15 is 0 Å².